The minimum absolute atomic E-state index is 0.176. The molecule has 1 aliphatic heterocycles. The van der Waals surface area contributed by atoms with Crippen molar-refractivity contribution in [3.8, 4) is 5.75 Å². The Labute approximate surface area is 127 Å². The first-order chi connectivity index (χ1) is 10.2. The molecule has 0 unspecified atom stereocenters. The average Bonchev–Trinajstić information content (AvgIpc) is 2.50. The summed E-state index contributed by atoms with van der Waals surface area (Å²) in [5.74, 6) is 0.782. The van der Waals surface area contributed by atoms with Crippen LogP contribution in [0.3, 0.4) is 0 Å². The van der Waals surface area contributed by atoms with Gasteiger partial charge in [0, 0.05) is 30.9 Å². The fourth-order valence-electron chi connectivity index (χ4n) is 2.93. The molecule has 0 aliphatic carbocycles. The molecule has 1 heterocycles. The molecule has 1 aliphatic rings. The highest BCUT2D eigenvalue weighted by Gasteiger charge is 2.27. The predicted molar refractivity (Wildman–Crippen MR) is 83.1 cm³/mol. The van der Waals surface area contributed by atoms with E-state index in [4.69, 9.17) is 0 Å². The third-order valence-corrected chi connectivity index (χ3v) is 4.33. The Morgan fingerprint density at radius 1 is 1.33 bits per heavy atom. The Balaban J connectivity index is 1.75. The van der Waals surface area contributed by atoms with E-state index < -0.39 is 0 Å². The molecule has 2 rings (SSSR count). The number of carbonyl (C=O) groups is 1. The zero-order valence-electron chi connectivity index (χ0n) is 12.9. The summed E-state index contributed by atoms with van der Waals surface area (Å²) < 4.78 is 0. The van der Waals surface area contributed by atoms with E-state index in [-0.39, 0.29) is 11.8 Å². The van der Waals surface area contributed by atoms with Crippen LogP contribution in [0.15, 0.2) is 24.3 Å². The molecule has 3 N–H and O–H groups in total. The van der Waals surface area contributed by atoms with E-state index in [1.807, 2.05) is 18.2 Å². The number of nitrogens with one attached hydrogen (secondary N) is 2. The Kier molecular flexibility index (Phi) is 6.05. The molecule has 4 heteroatoms. The SMILES string of the molecule is CCCCNC(=O)C1CC[NH+](Cc2ccccc2O)CC1. The summed E-state index contributed by atoms with van der Waals surface area (Å²) in [5.41, 5.74) is 0.998. The normalized spacial score (nSPS) is 22.0. The van der Waals surface area contributed by atoms with Crippen LogP contribution in [0.5, 0.6) is 5.75 Å². The summed E-state index contributed by atoms with van der Waals surface area (Å²) in [6, 6.07) is 7.53. The lowest BCUT2D eigenvalue weighted by atomic mass is 9.95. The minimum Gasteiger partial charge on any atom is -0.507 e. The van der Waals surface area contributed by atoms with Gasteiger partial charge in [0.2, 0.25) is 5.91 Å². The Morgan fingerprint density at radius 3 is 2.71 bits per heavy atom. The summed E-state index contributed by atoms with van der Waals surface area (Å²) in [4.78, 5) is 13.5. The van der Waals surface area contributed by atoms with Crippen molar-refractivity contribution in [1.29, 1.82) is 0 Å². The van der Waals surface area contributed by atoms with Crippen molar-refractivity contribution < 1.29 is 14.8 Å². The smallest absolute Gasteiger partial charge is 0.223 e. The van der Waals surface area contributed by atoms with Gasteiger partial charge in [0.05, 0.1) is 13.1 Å². The average molecular weight is 291 g/mol. The quantitative estimate of drug-likeness (QED) is 0.688. The van der Waals surface area contributed by atoms with Crippen LogP contribution in [0.1, 0.15) is 38.2 Å². The molecule has 1 aromatic carbocycles. The number of hydrogen-bond donors (Lipinski definition) is 3. The van der Waals surface area contributed by atoms with Crippen molar-refractivity contribution >= 4 is 5.91 Å². The van der Waals surface area contributed by atoms with E-state index in [0.29, 0.717) is 5.75 Å². The van der Waals surface area contributed by atoms with Gasteiger partial charge in [-0.1, -0.05) is 25.5 Å². The Bertz CT molecular complexity index is 454. The first kappa shape index (κ1) is 15.8. The second kappa shape index (κ2) is 8.03. The number of hydrogen-bond acceptors (Lipinski definition) is 2. The van der Waals surface area contributed by atoms with Crippen molar-refractivity contribution in [3.05, 3.63) is 29.8 Å². The summed E-state index contributed by atoms with van der Waals surface area (Å²) in [6.07, 6.45) is 4.06. The number of quaternary nitrogens is 1. The summed E-state index contributed by atoms with van der Waals surface area (Å²) >= 11 is 0. The number of unbranched alkanes of at least 4 members (excludes halogenated alkanes) is 1. The third kappa shape index (κ3) is 4.74. The number of phenols is 1. The van der Waals surface area contributed by atoms with E-state index in [1.165, 1.54) is 4.90 Å². The van der Waals surface area contributed by atoms with Crippen molar-refractivity contribution in [2.24, 2.45) is 5.92 Å². The van der Waals surface area contributed by atoms with Gasteiger partial charge in [0.25, 0.3) is 0 Å². The van der Waals surface area contributed by atoms with Gasteiger partial charge in [0.1, 0.15) is 12.3 Å². The summed E-state index contributed by atoms with van der Waals surface area (Å²) in [5, 5.41) is 12.9. The van der Waals surface area contributed by atoms with Crippen LogP contribution >= 0.6 is 0 Å². The minimum atomic E-state index is 0.176. The molecule has 1 fully saturated rings. The monoisotopic (exact) mass is 291 g/mol. The number of para-hydroxylation sites is 1. The highest BCUT2D eigenvalue weighted by Crippen LogP contribution is 2.15. The van der Waals surface area contributed by atoms with Crippen molar-refractivity contribution in [1.82, 2.24) is 5.32 Å². The molecule has 0 spiro atoms. The Morgan fingerprint density at radius 2 is 2.05 bits per heavy atom. The molecular weight excluding hydrogens is 264 g/mol. The first-order valence-electron chi connectivity index (χ1n) is 8.09. The van der Waals surface area contributed by atoms with Crippen LogP contribution in [0, 0.1) is 5.92 Å². The van der Waals surface area contributed by atoms with Crippen LogP contribution in [-0.2, 0) is 11.3 Å². The van der Waals surface area contributed by atoms with Crippen LogP contribution < -0.4 is 10.2 Å². The lowest BCUT2D eigenvalue weighted by Crippen LogP contribution is -3.11. The van der Waals surface area contributed by atoms with Crippen LogP contribution in [0.4, 0.5) is 0 Å². The number of carbonyl (C=O) groups excluding carboxylic acids is 1. The molecule has 0 saturated carbocycles. The number of rotatable bonds is 6. The maximum absolute atomic E-state index is 12.0. The molecule has 21 heavy (non-hydrogen) atoms. The number of benzene rings is 1. The van der Waals surface area contributed by atoms with Crippen LogP contribution in [-0.4, -0.2) is 30.6 Å². The summed E-state index contributed by atoms with van der Waals surface area (Å²) in [6.45, 7) is 5.78. The van der Waals surface area contributed by atoms with Crippen molar-refractivity contribution in [2.45, 2.75) is 39.2 Å². The van der Waals surface area contributed by atoms with E-state index in [0.717, 1.165) is 57.4 Å². The van der Waals surface area contributed by atoms with Gasteiger partial charge in [0.15, 0.2) is 0 Å². The van der Waals surface area contributed by atoms with Gasteiger partial charge in [-0.05, 0) is 18.6 Å². The van der Waals surface area contributed by atoms with Gasteiger partial charge in [-0.25, -0.2) is 0 Å². The number of amides is 1. The fraction of sp³-hybridized carbons (Fsp3) is 0.588. The molecule has 1 amide bonds. The number of likely N-dealkylation sites (tertiary alicyclic amines) is 1. The lowest BCUT2D eigenvalue weighted by molar-refractivity contribution is -0.919. The molecule has 116 valence electrons. The molecule has 1 saturated heterocycles. The van der Waals surface area contributed by atoms with E-state index in [1.54, 1.807) is 6.07 Å². The topological polar surface area (TPSA) is 53.8 Å². The lowest BCUT2D eigenvalue weighted by Gasteiger charge is -2.28. The molecule has 0 atom stereocenters. The van der Waals surface area contributed by atoms with Gasteiger partial charge in [-0.3, -0.25) is 4.79 Å². The van der Waals surface area contributed by atoms with Crippen LogP contribution in [0.25, 0.3) is 0 Å². The second-order valence-electron chi connectivity index (χ2n) is 5.97. The largest absolute Gasteiger partial charge is 0.507 e. The Hall–Kier alpha value is -1.55. The zero-order chi connectivity index (χ0) is 15.1. The molecule has 0 aromatic heterocycles. The molecule has 0 bridgehead atoms. The first-order valence-corrected chi connectivity index (χ1v) is 8.09. The second-order valence-corrected chi connectivity index (χ2v) is 5.97. The number of piperidine rings is 1. The third-order valence-electron chi connectivity index (χ3n) is 4.33. The van der Waals surface area contributed by atoms with Crippen molar-refractivity contribution in [2.75, 3.05) is 19.6 Å². The number of aromatic hydroxyl groups is 1. The highest BCUT2D eigenvalue weighted by molar-refractivity contribution is 5.78. The molecule has 4 nitrogen and oxygen atoms in total. The van der Waals surface area contributed by atoms with Crippen LogP contribution in [0.2, 0.25) is 0 Å². The van der Waals surface area contributed by atoms with E-state index >= 15 is 0 Å². The molecular formula is C17H27N2O2+. The standard InChI is InChI=1S/C17H26N2O2/c1-2-3-10-18-17(21)14-8-11-19(12-9-14)13-15-6-4-5-7-16(15)20/h4-7,14,20H,2-3,8-13H2,1H3,(H,18,21)/p+1. The predicted octanol–water partition coefficient (Wildman–Crippen LogP) is 1.10. The molecule has 0 radical (unpaired) electrons. The molecule has 1 aromatic rings. The maximum atomic E-state index is 12.0. The maximum Gasteiger partial charge on any atom is 0.223 e. The van der Waals surface area contributed by atoms with E-state index in [2.05, 4.69) is 12.2 Å². The van der Waals surface area contributed by atoms with Gasteiger partial charge < -0.3 is 15.3 Å². The van der Waals surface area contributed by atoms with Gasteiger partial charge >= 0.3 is 0 Å². The zero-order valence-corrected chi connectivity index (χ0v) is 12.9. The fourth-order valence-corrected chi connectivity index (χ4v) is 2.93. The summed E-state index contributed by atoms with van der Waals surface area (Å²) in [7, 11) is 0. The van der Waals surface area contributed by atoms with Gasteiger partial charge in [-0.15, -0.1) is 0 Å². The van der Waals surface area contributed by atoms with E-state index in [9.17, 15) is 9.90 Å². The van der Waals surface area contributed by atoms with Gasteiger partial charge in [-0.2, -0.15) is 0 Å². The van der Waals surface area contributed by atoms with Crippen molar-refractivity contribution in [3.63, 3.8) is 0 Å². The number of phenolic OH excluding ortho intramolecular Hbond substituents is 1. The highest BCUT2D eigenvalue weighted by atomic mass is 16.3.